The average Bonchev–Trinajstić information content (AvgIpc) is 3.57. The van der Waals surface area contributed by atoms with Crippen molar-refractivity contribution >= 4 is 58.0 Å². The first kappa shape index (κ1) is 24.7. The number of rotatable bonds is 7. The van der Waals surface area contributed by atoms with Crippen LogP contribution in [0, 0.1) is 0 Å². The van der Waals surface area contributed by atoms with Gasteiger partial charge in [0.1, 0.15) is 6.33 Å². The Hall–Kier alpha value is -4.00. The highest BCUT2D eigenvalue weighted by atomic mass is 35.5. The lowest BCUT2D eigenvalue weighted by molar-refractivity contribution is 0.589. The molecule has 0 saturated heterocycles. The summed E-state index contributed by atoms with van der Waals surface area (Å²) in [6, 6.07) is 27.2. The van der Waals surface area contributed by atoms with Crippen molar-refractivity contribution in [1.82, 2.24) is 29.8 Å². The van der Waals surface area contributed by atoms with E-state index in [-0.39, 0.29) is 12.4 Å². The zero-order valence-electron chi connectivity index (χ0n) is 19.9. The molecule has 3 aromatic heterocycles. The number of aryl methyl sites for hydroxylation is 2. The molecular formula is C29H24Cl2N6. The Morgan fingerprint density at radius 2 is 1.73 bits per heavy atom. The highest BCUT2D eigenvalue weighted by Gasteiger charge is 2.08. The predicted molar refractivity (Wildman–Crippen MR) is 152 cm³/mol. The molecule has 6 nitrogen and oxygen atoms in total. The molecule has 0 aliphatic rings. The topological polar surface area (TPSA) is 61.4 Å². The number of hydrogen-bond donors (Lipinski definition) is 0. The quantitative estimate of drug-likeness (QED) is 0.232. The normalized spacial score (nSPS) is 11.4. The van der Waals surface area contributed by atoms with E-state index in [0.29, 0.717) is 5.02 Å². The third kappa shape index (κ3) is 5.56. The van der Waals surface area contributed by atoms with Gasteiger partial charge in [0.25, 0.3) is 0 Å². The van der Waals surface area contributed by atoms with Crippen LogP contribution in [0.25, 0.3) is 34.0 Å². The molecule has 0 bridgehead atoms. The summed E-state index contributed by atoms with van der Waals surface area (Å²) >= 11 is 6.12. The molecule has 8 heteroatoms. The minimum Gasteiger partial charge on any atom is -0.343 e. The second-order valence-corrected chi connectivity index (χ2v) is 9.21. The Labute approximate surface area is 225 Å². The summed E-state index contributed by atoms with van der Waals surface area (Å²) in [6.07, 6.45) is 8.80. The van der Waals surface area contributed by atoms with Crippen LogP contribution in [-0.4, -0.2) is 29.8 Å². The fourth-order valence-corrected chi connectivity index (χ4v) is 4.67. The van der Waals surface area contributed by atoms with E-state index < -0.39 is 0 Å². The summed E-state index contributed by atoms with van der Waals surface area (Å²) in [4.78, 5) is 4.70. The number of tetrazole rings is 1. The van der Waals surface area contributed by atoms with Crippen LogP contribution < -0.4 is 0 Å². The van der Waals surface area contributed by atoms with Gasteiger partial charge in [-0.15, -0.1) is 17.5 Å². The number of fused-ring (bicyclic) bond motifs is 2. The lowest BCUT2D eigenvalue weighted by Gasteiger charge is -2.10. The molecule has 0 radical (unpaired) electrons. The molecular weight excluding hydrogens is 503 g/mol. The molecule has 0 atom stereocenters. The predicted octanol–water partition coefficient (Wildman–Crippen LogP) is 6.71. The second-order valence-electron chi connectivity index (χ2n) is 8.77. The number of para-hydroxylation sites is 1. The van der Waals surface area contributed by atoms with E-state index in [1.807, 2.05) is 30.3 Å². The number of halogens is 2. The van der Waals surface area contributed by atoms with Gasteiger partial charge >= 0.3 is 0 Å². The first-order valence-corrected chi connectivity index (χ1v) is 12.2. The highest BCUT2D eigenvalue weighted by molar-refractivity contribution is 6.31. The molecule has 6 rings (SSSR count). The number of pyridine rings is 1. The van der Waals surface area contributed by atoms with Crippen LogP contribution in [0.2, 0.25) is 5.02 Å². The van der Waals surface area contributed by atoms with E-state index in [1.54, 1.807) is 11.0 Å². The molecule has 0 aliphatic heterocycles. The zero-order chi connectivity index (χ0) is 24.3. The van der Waals surface area contributed by atoms with Gasteiger partial charge < -0.3 is 4.57 Å². The van der Waals surface area contributed by atoms with Gasteiger partial charge in [0.05, 0.1) is 16.7 Å². The largest absolute Gasteiger partial charge is 0.343 e. The van der Waals surface area contributed by atoms with Crippen LogP contribution in [0.4, 0.5) is 0 Å². The van der Waals surface area contributed by atoms with Gasteiger partial charge in [-0.1, -0.05) is 72.3 Å². The maximum Gasteiger partial charge on any atom is 0.138 e. The highest BCUT2D eigenvalue weighted by Crippen LogP contribution is 2.23. The third-order valence-corrected chi connectivity index (χ3v) is 6.56. The minimum atomic E-state index is 0. The number of aromatic nitrogens is 6. The van der Waals surface area contributed by atoms with Crippen LogP contribution in [-0.2, 0) is 19.5 Å². The van der Waals surface area contributed by atoms with Crippen LogP contribution >= 0.6 is 24.0 Å². The minimum absolute atomic E-state index is 0. The molecule has 0 saturated carbocycles. The summed E-state index contributed by atoms with van der Waals surface area (Å²) in [5, 5.41) is 14.5. The maximum atomic E-state index is 6.12. The molecule has 184 valence electrons. The summed E-state index contributed by atoms with van der Waals surface area (Å²) < 4.78 is 4.08. The summed E-state index contributed by atoms with van der Waals surface area (Å²) in [5.74, 6) is 0. The van der Waals surface area contributed by atoms with Crippen molar-refractivity contribution in [1.29, 1.82) is 0 Å². The average molecular weight is 527 g/mol. The monoisotopic (exact) mass is 526 g/mol. The Bertz CT molecular complexity index is 1670. The summed E-state index contributed by atoms with van der Waals surface area (Å²) in [5.41, 5.74) is 6.73. The maximum absolute atomic E-state index is 6.12. The molecule has 37 heavy (non-hydrogen) atoms. The van der Waals surface area contributed by atoms with Crippen molar-refractivity contribution < 1.29 is 0 Å². The second kappa shape index (κ2) is 10.9. The first-order chi connectivity index (χ1) is 17.7. The van der Waals surface area contributed by atoms with E-state index in [1.165, 1.54) is 22.0 Å². The molecule has 0 aliphatic carbocycles. The van der Waals surface area contributed by atoms with E-state index in [2.05, 4.69) is 87.0 Å². The lowest BCUT2D eigenvalue weighted by atomic mass is 10.1. The zero-order valence-corrected chi connectivity index (χ0v) is 21.5. The third-order valence-electron chi connectivity index (χ3n) is 6.33. The van der Waals surface area contributed by atoms with E-state index in [0.717, 1.165) is 41.7 Å². The molecule has 6 aromatic rings. The SMILES string of the molecule is Cl.Clc1ccc2ccc(/C=C/c3ccc(Cn4ccc5cccc(CCn6cnnn6)c54)cc3)nc2c1. The van der Waals surface area contributed by atoms with Gasteiger partial charge in [0.2, 0.25) is 0 Å². The van der Waals surface area contributed by atoms with Crippen LogP contribution in [0.5, 0.6) is 0 Å². The van der Waals surface area contributed by atoms with Gasteiger partial charge in [-0.2, -0.15) is 0 Å². The van der Waals surface area contributed by atoms with E-state index in [9.17, 15) is 0 Å². The van der Waals surface area contributed by atoms with Crippen LogP contribution in [0.15, 0.2) is 91.4 Å². The van der Waals surface area contributed by atoms with E-state index in [4.69, 9.17) is 16.6 Å². The number of benzene rings is 3. The van der Waals surface area contributed by atoms with Crippen molar-refractivity contribution in [2.45, 2.75) is 19.5 Å². The van der Waals surface area contributed by atoms with Crippen molar-refractivity contribution in [3.8, 4) is 0 Å². The molecule has 3 heterocycles. The van der Waals surface area contributed by atoms with Crippen molar-refractivity contribution in [3.05, 3.63) is 119 Å². The Morgan fingerprint density at radius 3 is 2.57 bits per heavy atom. The molecule has 0 N–H and O–H groups in total. The summed E-state index contributed by atoms with van der Waals surface area (Å²) in [7, 11) is 0. The molecule has 0 spiro atoms. The van der Waals surface area contributed by atoms with Gasteiger partial charge in [0.15, 0.2) is 0 Å². The van der Waals surface area contributed by atoms with Gasteiger partial charge in [-0.3, -0.25) is 0 Å². The first-order valence-electron chi connectivity index (χ1n) is 11.8. The molecule has 0 unspecified atom stereocenters. The van der Waals surface area contributed by atoms with Crippen molar-refractivity contribution in [3.63, 3.8) is 0 Å². The van der Waals surface area contributed by atoms with Gasteiger partial charge in [-0.05, 0) is 69.3 Å². The number of nitrogens with zero attached hydrogens (tertiary/aromatic N) is 6. The van der Waals surface area contributed by atoms with Gasteiger partial charge in [-0.25, -0.2) is 9.67 Å². The summed E-state index contributed by atoms with van der Waals surface area (Å²) in [6.45, 7) is 1.56. The number of hydrogen-bond acceptors (Lipinski definition) is 4. The smallest absolute Gasteiger partial charge is 0.138 e. The molecule has 3 aromatic carbocycles. The molecule has 0 fully saturated rings. The fourth-order valence-electron chi connectivity index (χ4n) is 4.50. The van der Waals surface area contributed by atoms with Crippen molar-refractivity contribution in [2.75, 3.05) is 0 Å². The fraction of sp³-hybridized carbons (Fsp3) is 0.103. The Morgan fingerprint density at radius 1 is 0.865 bits per heavy atom. The van der Waals surface area contributed by atoms with Crippen molar-refractivity contribution in [2.24, 2.45) is 0 Å². The Kier molecular flexibility index (Phi) is 7.30. The van der Waals surface area contributed by atoms with E-state index >= 15 is 0 Å². The van der Waals surface area contributed by atoms with Crippen LogP contribution in [0.1, 0.15) is 22.4 Å². The standard InChI is InChI=1S/C29H23ClN6.ClH/c30-26-11-9-23-10-13-27(32-28(23)18-26)12-8-21-4-6-22(7-5-21)19-35-16-14-24-2-1-3-25(29(24)35)15-17-36-20-31-33-34-36;/h1-14,16,18,20H,15,17,19H2;1H/b12-8+;. The Balaban J connectivity index is 0.00000280. The van der Waals surface area contributed by atoms with Gasteiger partial charge in [0, 0.05) is 29.7 Å². The molecule has 0 amide bonds. The lowest BCUT2D eigenvalue weighted by Crippen LogP contribution is -2.05. The van der Waals surface area contributed by atoms with Crippen LogP contribution in [0.3, 0.4) is 0 Å².